The van der Waals surface area contributed by atoms with E-state index < -0.39 is 0 Å². The fourth-order valence-corrected chi connectivity index (χ4v) is 0. The van der Waals surface area contributed by atoms with E-state index in [-0.39, 0.29) is 7.04 Å². The number of nitrogens with one attached hydrogen (secondary N) is 1. The fourth-order valence-electron chi connectivity index (χ4n) is 0. The summed E-state index contributed by atoms with van der Waals surface area (Å²) in [6, 6.07) is 0. The molecule has 0 heterocycles. The van der Waals surface area contributed by atoms with Gasteiger partial charge in [0.2, 0.25) is 0 Å². The Bertz CT molecular complexity index is 56.4. The maximum Gasteiger partial charge on any atom is -0.214 e. The number of halogens is 1. The molecule has 0 rings (SSSR count). The largest absolute Gasteiger partial charge is 0.438 e. The molecule has 0 amide bonds. The summed E-state index contributed by atoms with van der Waals surface area (Å²) >= 11 is 1.95. The summed E-state index contributed by atoms with van der Waals surface area (Å²) in [5.74, 6) is 0. The maximum atomic E-state index is 6.51. The Morgan fingerprint density at radius 1 is 2.00 bits per heavy atom. The van der Waals surface area contributed by atoms with Gasteiger partial charge in [-0.15, -0.1) is 0 Å². The molecular formula is H2INPS-. The van der Waals surface area contributed by atoms with Gasteiger partial charge in [0.25, 0.3) is 0 Å². The highest BCUT2D eigenvalue weighted by atomic mass is 127. The average molecular weight is 206 g/mol. The lowest BCUT2D eigenvalue weighted by molar-refractivity contribution is 1.67. The zero-order valence-electron chi connectivity index (χ0n) is 1.79. The van der Waals surface area contributed by atoms with Gasteiger partial charge in [-0.1, -0.05) is 0 Å². The van der Waals surface area contributed by atoms with Gasteiger partial charge in [-0.3, -0.25) is 8.02 Å². The Morgan fingerprint density at radius 3 is 2.00 bits per heavy atom. The van der Waals surface area contributed by atoms with Gasteiger partial charge in [0.15, 0.2) is 0 Å². The predicted octanol–water partition coefficient (Wildman–Crippen LogP) is 1.77. The van der Waals surface area contributed by atoms with Crippen LogP contribution in [0, 0.1) is 4.78 Å². The average Bonchev–Trinajstić information content (AvgIpc) is 0.811. The molecule has 0 aliphatic heterocycles. The zero-order valence-corrected chi connectivity index (χ0v) is 5.76. The van der Waals surface area contributed by atoms with Gasteiger partial charge in [-0.25, -0.2) is 21.2 Å². The number of rotatable bonds is 0. The van der Waals surface area contributed by atoms with Crippen LogP contribution in [0.5, 0.6) is 0 Å². The van der Waals surface area contributed by atoms with Crippen molar-refractivity contribution in [2.45, 2.75) is 0 Å². The normalized spacial score (nSPS) is 8.50. The van der Waals surface area contributed by atoms with E-state index in [1.807, 2.05) is 21.2 Å². The molecule has 0 atom stereocenters. The van der Waals surface area contributed by atoms with Crippen molar-refractivity contribution in [3.63, 3.8) is 0 Å². The molecule has 26 valence electrons. The Hall–Kier alpha value is 1.18. The van der Waals surface area contributed by atoms with Crippen LogP contribution in [0.2, 0.25) is 0 Å². The third-order valence-electron chi connectivity index (χ3n) is 0. The lowest BCUT2D eigenvalue weighted by Crippen LogP contribution is -1.15. The van der Waals surface area contributed by atoms with Gasteiger partial charge in [-0.05, 0) is 0 Å². The highest BCUT2D eigenvalue weighted by Gasteiger charge is 1.12. The van der Waals surface area contributed by atoms with Gasteiger partial charge in [0.1, 0.15) is 0 Å². The highest BCUT2D eigenvalue weighted by molar-refractivity contribution is 14.2. The molecule has 0 saturated carbocycles. The summed E-state index contributed by atoms with van der Waals surface area (Å²) in [6.07, 6.45) is 0. The topological polar surface area (TPSA) is 23.9 Å². The van der Waals surface area contributed by atoms with Crippen LogP contribution in [0.15, 0.2) is 0 Å². The van der Waals surface area contributed by atoms with Crippen LogP contribution in [-0.2, 0) is 7.04 Å². The van der Waals surface area contributed by atoms with Crippen molar-refractivity contribution >= 4 is 36.3 Å². The molecule has 0 spiro atoms. The molecular weight excluding hydrogens is 204 g/mol. The number of hydrogen-bond donors (Lipinski definition) is 1. The summed E-state index contributed by atoms with van der Waals surface area (Å²) < 4.78 is 6.51. The van der Waals surface area contributed by atoms with Crippen LogP contribution in [-0.4, -0.2) is 0 Å². The third-order valence-corrected chi connectivity index (χ3v) is 0. The van der Waals surface area contributed by atoms with Crippen molar-refractivity contribution in [1.29, 1.82) is 4.78 Å². The van der Waals surface area contributed by atoms with Crippen LogP contribution >= 0.6 is 29.2 Å². The molecule has 0 aliphatic rings. The molecule has 0 aromatic carbocycles. The molecule has 0 unspecified atom stereocenters. The molecule has 0 bridgehead atoms. The van der Waals surface area contributed by atoms with Gasteiger partial charge in [0.05, 0.1) is 0 Å². The first-order valence-electron chi connectivity index (χ1n) is 0.563. The minimum Gasteiger partial charge on any atom is -0.438 e. The molecule has 0 radical (unpaired) electrons. The SMILES string of the molecule is N=[S-](=P)I. The third kappa shape index (κ3) is 10.9. The van der Waals surface area contributed by atoms with Gasteiger partial charge in [-0.2, -0.15) is 0 Å². The lowest BCUT2D eigenvalue weighted by Gasteiger charge is -1.71. The van der Waals surface area contributed by atoms with Crippen LogP contribution in [0.25, 0.3) is 0 Å². The molecule has 1 nitrogen and oxygen atoms in total. The van der Waals surface area contributed by atoms with E-state index in [9.17, 15) is 0 Å². The molecule has 0 saturated heterocycles. The van der Waals surface area contributed by atoms with Gasteiger partial charge in [0, 0.05) is 0 Å². The zero-order chi connectivity index (χ0) is 3.58. The molecule has 4 heteroatoms. The Balaban J connectivity index is 3.51. The van der Waals surface area contributed by atoms with E-state index in [4.69, 9.17) is 4.78 Å². The number of hydrogen-bond acceptors (Lipinski definition) is 2. The van der Waals surface area contributed by atoms with E-state index in [1.54, 1.807) is 0 Å². The van der Waals surface area contributed by atoms with Crippen molar-refractivity contribution in [1.82, 2.24) is 0 Å². The summed E-state index contributed by atoms with van der Waals surface area (Å²) in [4.78, 5) is 0. The summed E-state index contributed by atoms with van der Waals surface area (Å²) in [5.41, 5.74) is 0. The van der Waals surface area contributed by atoms with Crippen LogP contribution in [0.4, 0.5) is 0 Å². The van der Waals surface area contributed by atoms with E-state index in [1.165, 1.54) is 0 Å². The fraction of sp³-hybridized carbons (Fsp3) is 0. The lowest BCUT2D eigenvalue weighted by atomic mass is 14.0. The summed E-state index contributed by atoms with van der Waals surface area (Å²) in [6.45, 7) is 0. The van der Waals surface area contributed by atoms with Gasteiger partial charge >= 0.3 is 0 Å². The van der Waals surface area contributed by atoms with Crippen molar-refractivity contribution in [2.24, 2.45) is 0 Å². The minimum atomic E-state index is -0.336. The second-order valence-corrected chi connectivity index (χ2v) is 7.13. The van der Waals surface area contributed by atoms with Crippen molar-refractivity contribution in [2.75, 3.05) is 0 Å². The first kappa shape index (κ1) is 5.18. The Labute approximate surface area is 41.1 Å². The van der Waals surface area contributed by atoms with Crippen molar-refractivity contribution in [3.05, 3.63) is 0 Å². The second kappa shape index (κ2) is 2.42. The van der Waals surface area contributed by atoms with Gasteiger partial charge < -0.3 is 11.8 Å². The maximum absolute atomic E-state index is 6.51. The van der Waals surface area contributed by atoms with E-state index in [2.05, 4.69) is 8.02 Å². The molecule has 4 heavy (non-hydrogen) atoms. The smallest absolute Gasteiger partial charge is 0.214 e. The summed E-state index contributed by atoms with van der Waals surface area (Å²) in [7, 11) is 2.66. The van der Waals surface area contributed by atoms with E-state index in [0.717, 1.165) is 0 Å². The van der Waals surface area contributed by atoms with E-state index in [0.29, 0.717) is 0 Å². The standard InChI is InChI=1S/H2INPS/c1-4(2)3/h2-3H/q-1. The minimum absolute atomic E-state index is 0.336. The van der Waals surface area contributed by atoms with Crippen LogP contribution < -0.4 is 0 Å². The van der Waals surface area contributed by atoms with Crippen molar-refractivity contribution < 1.29 is 0 Å². The first-order chi connectivity index (χ1) is 1.73. The van der Waals surface area contributed by atoms with Crippen LogP contribution in [0.3, 0.4) is 0 Å². The summed E-state index contributed by atoms with van der Waals surface area (Å²) in [5, 5.41) is 0. The second-order valence-electron chi connectivity index (χ2n) is 0.256. The molecule has 0 aromatic heterocycles. The quantitative estimate of drug-likeness (QED) is 0.354. The molecule has 0 aliphatic carbocycles. The molecule has 1 N–H and O–H groups in total. The monoisotopic (exact) mass is 206 g/mol. The predicted molar refractivity (Wildman–Crippen MR) is 32.4 cm³/mol. The Morgan fingerprint density at radius 2 is 2.00 bits per heavy atom. The first-order valence-corrected chi connectivity index (χ1v) is 5.55. The molecule has 0 aromatic rings. The van der Waals surface area contributed by atoms with E-state index >= 15 is 0 Å². The highest BCUT2D eigenvalue weighted by Crippen LogP contribution is 1.84. The molecule has 0 fully saturated rings. The van der Waals surface area contributed by atoms with Crippen LogP contribution in [0.1, 0.15) is 0 Å². The Kier molecular flexibility index (Phi) is 3.13. The van der Waals surface area contributed by atoms with Crippen molar-refractivity contribution in [3.8, 4) is 0 Å².